The van der Waals surface area contributed by atoms with E-state index in [2.05, 4.69) is 258 Å². The molecule has 2 heterocycles. The lowest BCUT2D eigenvalue weighted by Gasteiger charge is -2.32. The van der Waals surface area contributed by atoms with Crippen molar-refractivity contribution >= 4 is 56.1 Å². The van der Waals surface area contributed by atoms with E-state index in [1.165, 1.54) is 113 Å². The summed E-state index contributed by atoms with van der Waals surface area (Å²) in [6.45, 7) is 16.8. The normalized spacial score (nSPS) is 17.8. The summed E-state index contributed by atoms with van der Waals surface area (Å²) in [5, 5.41) is 2.40. The van der Waals surface area contributed by atoms with Gasteiger partial charge in [-0.3, -0.25) is 0 Å². The fourth-order valence-corrected chi connectivity index (χ4v) is 15.5. The minimum atomic E-state index is -0.365. The molecule has 0 saturated heterocycles. The van der Waals surface area contributed by atoms with E-state index in [1.54, 1.807) is 0 Å². The molecule has 384 valence electrons. The van der Waals surface area contributed by atoms with Gasteiger partial charge < -0.3 is 19.0 Å². The lowest BCUT2D eigenvalue weighted by atomic mass is 9.72. The third-order valence-corrected chi connectivity index (χ3v) is 19.2. The highest BCUT2D eigenvalue weighted by molar-refractivity contribution is 6.21. The van der Waals surface area contributed by atoms with Crippen molar-refractivity contribution in [1.29, 1.82) is 0 Å². The minimum Gasteiger partial charge on any atom is -0.489 e. The number of hydrogen-bond donors (Lipinski definition) is 0. The van der Waals surface area contributed by atoms with E-state index < -0.39 is 0 Å². The van der Waals surface area contributed by atoms with Crippen LogP contribution in [0, 0.1) is 6.92 Å². The second-order valence-corrected chi connectivity index (χ2v) is 24.7. The van der Waals surface area contributed by atoms with Crippen LogP contribution in [0.4, 0.5) is 34.1 Å². The summed E-state index contributed by atoms with van der Waals surface area (Å²) in [6, 6.07) is 74.5. The van der Waals surface area contributed by atoms with Crippen molar-refractivity contribution < 1.29 is 9.15 Å². The fourth-order valence-electron chi connectivity index (χ4n) is 15.5. The van der Waals surface area contributed by atoms with Crippen LogP contribution in [0.2, 0.25) is 0 Å². The zero-order valence-electron chi connectivity index (χ0n) is 46.0. The second-order valence-electron chi connectivity index (χ2n) is 24.7. The number of furan rings is 1. The predicted octanol–water partition coefficient (Wildman–Crippen LogP) is 20.4. The molecule has 0 bridgehead atoms. The average molecular weight is 1020 g/mol. The first-order valence-corrected chi connectivity index (χ1v) is 28.6. The molecule has 0 radical (unpaired) electrons. The molecule has 1 fully saturated rings. The summed E-state index contributed by atoms with van der Waals surface area (Å²) in [5.41, 5.74) is 28.9. The number of para-hydroxylation sites is 3. The van der Waals surface area contributed by atoms with Gasteiger partial charge in [0.2, 0.25) is 0 Å². The maximum absolute atomic E-state index is 7.12. The van der Waals surface area contributed by atoms with Gasteiger partial charge in [0.25, 0.3) is 0 Å². The van der Waals surface area contributed by atoms with Gasteiger partial charge in [-0.2, -0.15) is 0 Å². The van der Waals surface area contributed by atoms with Crippen molar-refractivity contribution in [2.24, 2.45) is 0 Å². The lowest BCUT2D eigenvalue weighted by molar-refractivity contribution is 0.226. The number of aryl methyl sites for hydroxylation is 1. The molecular formula is C75H62N2O2. The van der Waals surface area contributed by atoms with Crippen LogP contribution >= 0.6 is 0 Å². The zero-order valence-corrected chi connectivity index (χ0v) is 46.0. The Hall–Kier alpha value is -8.60. The molecule has 10 aromatic carbocycles. The van der Waals surface area contributed by atoms with Crippen LogP contribution in [-0.4, -0.2) is 6.10 Å². The molecule has 11 aromatic rings. The van der Waals surface area contributed by atoms with Gasteiger partial charge in [0, 0.05) is 83.7 Å². The van der Waals surface area contributed by atoms with Gasteiger partial charge in [-0.1, -0.05) is 162 Å². The predicted molar refractivity (Wildman–Crippen MR) is 327 cm³/mol. The van der Waals surface area contributed by atoms with Crippen molar-refractivity contribution in [2.75, 3.05) is 9.80 Å². The van der Waals surface area contributed by atoms with Crippen LogP contribution in [0.3, 0.4) is 0 Å². The van der Waals surface area contributed by atoms with Crippen LogP contribution in [0.1, 0.15) is 111 Å². The number of ether oxygens (including phenoxy) is 1. The third-order valence-electron chi connectivity index (χ3n) is 19.2. The topological polar surface area (TPSA) is 28.9 Å². The largest absolute Gasteiger partial charge is 0.489 e. The van der Waals surface area contributed by atoms with Gasteiger partial charge in [-0.15, -0.1) is 0 Å². The third kappa shape index (κ3) is 6.43. The first kappa shape index (κ1) is 46.5. The Morgan fingerprint density at radius 2 is 0.962 bits per heavy atom. The molecule has 1 saturated carbocycles. The number of rotatable bonds is 7. The van der Waals surface area contributed by atoms with Crippen LogP contribution < -0.4 is 14.5 Å². The molecule has 1 aromatic heterocycles. The number of anilines is 6. The molecule has 1 aliphatic heterocycles. The Balaban J connectivity index is 0.898. The Kier molecular flexibility index (Phi) is 9.69. The van der Waals surface area contributed by atoms with E-state index in [4.69, 9.17) is 9.15 Å². The Bertz CT molecular complexity index is 4310. The highest BCUT2D eigenvalue weighted by Gasteiger charge is 2.50. The van der Waals surface area contributed by atoms with Gasteiger partial charge in [0.05, 0.1) is 0 Å². The first-order valence-electron chi connectivity index (χ1n) is 28.6. The summed E-state index contributed by atoms with van der Waals surface area (Å²) in [6.07, 6.45) is 3.71. The molecule has 4 heteroatoms. The van der Waals surface area contributed by atoms with E-state index >= 15 is 0 Å². The second kappa shape index (κ2) is 16.5. The molecule has 4 nitrogen and oxygen atoms in total. The van der Waals surface area contributed by atoms with Crippen LogP contribution in [0.5, 0.6) is 5.75 Å². The number of hydrogen-bond acceptors (Lipinski definition) is 4. The van der Waals surface area contributed by atoms with E-state index in [9.17, 15) is 0 Å². The van der Waals surface area contributed by atoms with Gasteiger partial charge in [0.1, 0.15) is 23.0 Å². The van der Waals surface area contributed by atoms with Crippen molar-refractivity contribution in [3.8, 4) is 50.3 Å². The zero-order chi connectivity index (χ0) is 53.3. The van der Waals surface area contributed by atoms with E-state index in [-0.39, 0.29) is 22.3 Å². The summed E-state index contributed by atoms with van der Waals surface area (Å²) < 4.78 is 14.2. The molecule has 5 aliphatic rings. The standard InChI is InChI=1S/C75H62N2O2/c1-44-29-31-45(32-30-44)57-43-61-64(66-56-25-18-28-63(56)78-71(57)66)53-39-37-50(41-59(53)73(61,2)3)77(49-35-33-48(34-36-49)76(46-19-10-8-11-20-46)47-21-12-9-13-22-47)51-38-40-54-60(42-51)75(6,7)70-68(54)72-67(55-24-15-17-27-62(55)79-72)65-52-23-14-16-26-58(52)74(4,5)69(65)70/h8-17,19-24,26-27,29-43,56,63H,18,25,28H2,1-7H3. The molecule has 4 aliphatic carbocycles. The van der Waals surface area contributed by atoms with E-state index in [1.807, 2.05) is 0 Å². The highest BCUT2D eigenvalue weighted by Crippen LogP contribution is 2.65. The lowest BCUT2D eigenvalue weighted by Crippen LogP contribution is -2.24. The van der Waals surface area contributed by atoms with Crippen LogP contribution in [-0.2, 0) is 16.2 Å². The fraction of sp³-hybridized carbons (Fsp3) is 0.200. The van der Waals surface area contributed by atoms with E-state index in [0.717, 1.165) is 57.5 Å². The molecule has 0 spiro atoms. The Morgan fingerprint density at radius 3 is 1.65 bits per heavy atom. The summed E-state index contributed by atoms with van der Waals surface area (Å²) in [5.74, 6) is 1.50. The Morgan fingerprint density at radius 1 is 0.430 bits per heavy atom. The highest BCUT2D eigenvalue weighted by atomic mass is 16.5. The molecule has 79 heavy (non-hydrogen) atoms. The quantitative estimate of drug-likeness (QED) is 0.159. The molecule has 0 amide bonds. The van der Waals surface area contributed by atoms with E-state index in [0.29, 0.717) is 5.92 Å². The maximum atomic E-state index is 7.12. The molecular weight excluding hydrogens is 961 g/mol. The molecule has 2 unspecified atom stereocenters. The van der Waals surface area contributed by atoms with Gasteiger partial charge >= 0.3 is 0 Å². The summed E-state index contributed by atoms with van der Waals surface area (Å²) >= 11 is 0. The first-order chi connectivity index (χ1) is 38.4. The summed E-state index contributed by atoms with van der Waals surface area (Å²) in [4.78, 5) is 4.86. The minimum absolute atomic E-state index is 0.230. The van der Waals surface area contributed by atoms with Crippen molar-refractivity contribution in [2.45, 2.75) is 96.0 Å². The number of fused-ring (bicyclic) bond motifs is 19. The average Bonchev–Trinajstić information content (AvgIpc) is 2.30. The van der Waals surface area contributed by atoms with Gasteiger partial charge in [-0.05, 0) is 178 Å². The van der Waals surface area contributed by atoms with Gasteiger partial charge in [-0.25, -0.2) is 0 Å². The van der Waals surface area contributed by atoms with Crippen molar-refractivity contribution in [3.05, 3.63) is 245 Å². The van der Waals surface area contributed by atoms with Crippen LogP contribution in [0.25, 0.3) is 66.4 Å². The molecule has 0 N–H and O–H groups in total. The molecule has 16 rings (SSSR count). The van der Waals surface area contributed by atoms with Crippen LogP contribution in [0.15, 0.2) is 205 Å². The summed E-state index contributed by atoms with van der Waals surface area (Å²) in [7, 11) is 0. The van der Waals surface area contributed by atoms with Crippen molar-refractivity contribution in [3.63, 3.8) is 0 Å². The number of benzene rings is 10. The molecule has 2 atom stereocenters. The monoisotopic (exact) mass is 1020 g/mol. The van der Waals surface area contributed by atoms with Crippen molar-refractivity contribution in [1.82, 2.24) is 0 Å². The van der Waals surface area contributed by atoms with Gasteiger partial charge in [0.15, 0.2) is 0 Å². The Labute approximate surface area is 463 Å². The number of nitrogens with zero attached hydrogens (tertiary/aromatic N) is 2. The smallest absolute Gasteiger partial charge is 0.144 e. The maximum Gasteiger partial charge on any atom is 0.144 e. The SMILES string of the molecule is Cc1ccc(-c2cc3c(c4c2OC2CCCC42)-c2ccc(N(c4ccc(N(c5ccccc5)c5ccccc5)cc4)c4ccc5c(c4)C(C)(C)c4c6c(c7c(oc8ccccc87)c4-5)-c4ccccc4C6(C)C)cc2C3(C)C)cc1.